The summed E-state index contributed by atoms with van der Waals surface area (Å²) in [5.74, 6) is 0.569. The second-order valence-electron chi connectivity index (χ2n) is 3.81. The van der Waals surface area contributed by atoms with Crippen molar-refractivity contribution < 1.29 is 4.79 Å². The molecule has 2 aromatic rings. The van der Waals surface area contributed by atoms with Gasteiger partial charge >= 0.3 is 0 Å². The maximum Gasteiger partial charge on any atom is 0.176 e. The number of nitrogens with one attached hydrogen (secondary N) is 2. The Labute approximate surface area is 116 Å². The molecule has 2 N–H and O–H groups in total. The van der Waals surface area contributed by atoms with Gasteiger partial charge in [-0.15, -0.1) is 0 Å². The number of benzene rings is 1. The smallest absolute Gasteiger partial charge is 0.176 e. The summed E-state index contributed by atoms with van der Waals surface area (Å²) in [6, 6.07) is 7.13. The van der Waals surface area contributed by atoms with Crippen molar-refractivity contribution in [3.05, 3.63) is 48.4 Å². The molecule has 0 aliphatic carbocycles. The first-order valence-corrected chi connectivity index (χ1v) is 6.01. The molecule has 5 nitrogen and oxygen atoms in total. The number of aromatic nitrogens is 2. The maximum atomic E-state index is 11.3. The van der Waals surface area contributed by atoms with E-state index in [0.717, 1.165) is 5.69 Å². The quantitative estimate of drug-likeness (QED) is 0.661. The van der Waals surface area contributed by atoms with E-state index in [1.807, 2.05) is 6.07 Å². The fourth-order valence-electron chi connectivity index (χ4n) is 1.46. The monoisotopic (exact) mass is 272 g/mol. The van der Waals surface area contributed by atoms with E-state index < -0.39 is 0 Å². The average molecular weight is 272 g/mol. The standard InChI is InChI=1S/C13H12N4OS/c1-9(18)10-3-2-4-11(7-10)16-13(19)17-12-8-14-5-6-15-12/h2-8H,1H3,(H2,15,16,17,19). The lowest BCUT2D eigenvalue weighted by molar-refractivity contribution is 0.101. The normalized spacial score (nSPS) is 9.74. The van der Waals surface area contributed by atoms with Gasteiger partial charge in [-0.2, -0.15) is 0 Å². The van der Waals surface area contributed by atoms with E-state index in [9.17, 15) is 4.79 Å². The highest BCUT2D eigenvalue weighted by atomic mass is 32.1. The maximum absolute atomic E-state index is 11.3. The van der Waals surface area contributed by atoms with Gasteiger partial charge in [0.25, 0.3) is 0 Å². The number of Topliss-reactive ketones (excluding diaryl/α,β-unsaturated/α-hetero) is 1. The van der Waals surface area contributed by atoms with Crippen LogP contribution in [0.2, 0.25) is 0 Å². The van der Waals surface area contributed by atoms with Crippen molar-refractivity contribution in [2.24, 2.45) is 0 Å². The molecule has 0 atom stereocenters. The predicted molar refractivity (Wildman–Crippen MR) is 78.3 cm³/mol. The highest BCUT2D eigenvalue weighted by Gasteiger charge is 2.03. The highest BCUT2D eigenvalue weighted by Crippen LogP contribution is 2.11. The summed E-state index contributed by atoms with van der Waals surface area (Å²) in [4.78, 5) is 19.3. The van der Waals surface area contributed by atoms with Gasteiger partial charge < -0.3 is 10.6 Å². The Morgan fingerprint density at radius 2 is 2.11 bits per heavy atom. The minimum absolute atomic E-state index is 0.0106. The molecule has 1 aromatic carbocycles. The summed E-state index contributed by atoms with van der Waals surface area (Å²) in [6.07, 6.45) is 4.72. The zero-order chi connectivity index (χ0) is 13.7. The average Bonchev–Trinajstić information content (AvgIpc) is 2.40. The van der Waals surface area contributed by atoms with Crippen LogP contribution >= 0.6 is 12.2 Å². The van der Waals surface area contributed by atoms with Crippen LogP contribution in [0.15, 0.2) is 42.9 Å². The number of carbonyl (C=O) groups is 1. The van der Waals surface area contributed by atoms with E-state index in [1.165, 1.54) is 6.92 Å². The van der Waals surface area contributed by atoms with Crippen LogP contribution < -0.4 is 10.6 Å². The Morgan fingerprint density at radius 3 is 2.79 bits per heavy atom. The molecule has 0 aliphatic rings. The Morgan fingerprint density at radius 1 is 1.26 bits per heavy atom. The highest BCUT2D eigenvalue weighted by molar-refractivity contribution is 7.80. The summed E-state index contributed by atoms with van der Waals surface area (Å²) < 4.78 is 0. The molecule has 6 heteroatoms. The number of carbonyl (C=O) groups excluding carboxylic acids is 1. The van der Waals surface area contributed by atoms with Gasteiger partial charge in [0.2, 0.25) is 0 Å². The lowest BCUT2D eigenvalue weighted by atomic mass is 10.1. The first-order valence-electron chi connectivity index (χ1n) is 5.60. The first kappa shape index (κ1) is 13.1. The molecule has 0 spiro atoms. The van der Waals surface area contributed by atoms with E-state index in [-0.39, 0.29) is 5.78 Å². The van der Waals surface area contributed by atoms with Crippen molar-refractivity contribution in [2.45, 2.75) is 6.92 Å². The largest absolute Gasteiger partial charge is 0.332 e. The number of hydrogen-bond donors (Lipinski definition) is 2. The lowest BCUT2D eigenvalue weighted by Crippen LogP contribution is -2.19. The van der Waals surface area contributed by atoms with Gasteiger partial charge in [0.15, 0.2) is 16.7 Å². The van der Waals surface area contributed by atoms with Gasteiger partial charge in [-0.3, -0.25) is 9.78 Å². The van der Waals surface area contributed by atoms with Crippen LogP contribution in [-0.2, 0) is 0 Å². The van der Waals surface area contributed by atoms with Crippen LogP contribution in [0, 0.1) is 0 Å². The van der Waals surface area contributed by atoms with Gasteiger partial charge in [0, 0.05) is 23.6 Å². The number of ketones is 1. The third-order valence-corrected chi connectivity index (χ3v) is 2.54. The molecule has 96 valence electrons. The van der Waals surface area contributed by atoms with E-state index in [0.29, 0.717) is 16.5 Å². The minimum Gasteiger partial charge on any atom is -0.332 e. The third kappa shape index (κ3) is 3.82. The molecule has 0 unspecified atom stereocenters. The van der Waals surface area contributed by atoms with Crippen LogP contribution in [0.25, 0.3) is 0 Å². The molecule has 1 heterocycles. The Balaban J connectivity index is 2.03. The molecule has 1 aromatic heterocycles. The van der Waals surface area contributed by atoms with Crippen LogP contribution in [0.5, 0.6) is 0 Å². The number of thiocarbonyl (C=S) groups is 1. The fourth-order valence-corrected chi connectivity index (χ4v) is 1.68. The molecule has 0 saturated heterocycles. The number of rotatable bonds is 3. The van der Waals surface area contributed by atoms with Crippen LogP contribution in [0.3, 0.4) is 0 Å². The second kappa shape index (κ2) is 6.01. The molecule has 0 fully saturated rings. The van der Waals surface area contributed by atoms with Gasteiger partial charge in [0.05, 0.1) is 6.20 Å². The zero-order valence-electron chi connectivity index (χ0n) is 10.3. The van der Waals surface area contributed by atoms with Gasteiger partial charge in [-0.1, -0.05) is 12.1 Å². The lowest BCUT2D eigenvalue weighted by Gasteiger charge is -2.10. The molecule has 0 aliphatic heterocycles. The van der Waals surface area contributed by atoms with Crippen LogP contribution in [0.1, 0.15) is 17.3 Å². The molecule has 0 bridgehead atoms. The summed E-state index contributed by atoms with van der Waals surface area (Å²) in [6.45, 7) is 1.52. The topological polar surface area (TPSA) is 66.9 Å². The van der Waals surface area contributed by atoms with Crippen molar-refractivity contribution in [2.75, 3.05) is 10.6 Å². The third-order valence-electron chi connectivity index (χ3n) is 2.33. The van der Waals surface area contributed by atoms with Gasteiger partial charge in [0.1, 0.15) is 0 Å². The van der Waals surface area contributed by atoms with Crippen LogP contribution in [-0.4, -0.2) is 20.9 Å². The summed E-state index contributed by atoms with van der Waals surface area (Å²) in [5, 5.41) is 6.28. The summed E-state index contributed by atoms with van der Waals surface area (Å²) in [5.41, 5.74) is 1.38. The first-order chi connectivity index (χ1) is 9.15. The van der Waals surface area contributed by atoms with E-state index in [2.05, 4.69) is 20.6 Å². The molecule has 0 amide bonds. The van der Waals surface area contributed by atoms with Crippen molar-refractivity contribution in [1.29, 1.82) is 0 Å². The number of anilines is 2. The number of nitrogens with zero attached hydrogens (tertiary/aromatic N) is 2. The molecule has 2 rings (SSSR count). The zero-order valence-corrected chi connectivity index (χ0v) is 11.1. The molecular weight excluding hydrogens is 260 g/mol. The fraction of sp³-hybridized carbons (Fsp3) is 0.0769. The summed E-state index contributed by atoms with van der Waals surface area (Å²) >= 11 is 5.15. The number of hydrogen-bond acceptors (Lipinski definition) is 4. The Bertz CT molecular complexity index is 601. The van der Waals surface area contributed by atoms with Gasteiger partial charge in [-0.05, 0) is 31.3 Å². The van der Waals surface area contributed by atoms with Crippen LogP contribution in [0.4, 0.5) is 11.5 Å². The van der Waals surface area contributed by atoms with Crippen molar-refractivity contribution >= 4 is 34.6 Å². The predicted octanol–water partition coefficient (Wildman–Crippen LogP) is 2.49. The van der Waals surface area contributed by atoms with E-state index in [4.69, 9.17) is 12.2 Å². The Hall–Kier alpha value is -2.34. The second-order valence-corrected chi connectivity index (χ2v) is 4.22. The SMILES string of the molecule is CC(=O)c1cccc(NC(=S)Nc2cnccn2)c1. The molecule has 0 radical (unpaired) electrons. The molecule has 0 saturated carbocycles. The molecular formula is C13H12N4OS. The van der Waals surface area contributed by atoms with Crippen molar-refractivity contribution in [3.8, 4) is 0 Å². The van der Waals surface area contributed by atoms with Gasteiger partial charge in [-0.25, -0.2) is 4.98 Å². The molecule has 19 heavy (non-hydrogen) atoms. The van der Waals surface area contributed by atoms with Crippen molar-refractivity contribution in [3.63, 3.8) is 0 Å². The summed E-state index contributed by atoms with van der Waals surface area (Å²) in [7, 11) is 0. The van der Waals surface area contributed by atoms with Crippen molar-refractivity contribution in [1.82, 2.24) is 9.97 Å². The minimum atomic E-state index is 0.0106. The Kier molecular flexibility index (Phi) is 4.15. The van der Waals surface area contributed by atoms with E-state index >= 15 is 0 Å². The van der Waals surface area contributed by atoms with E-state index in [1.54, 1.807) is 36.8 Å².